The molecule has 2 aromatic rings. The van der Waals surface area contributed by atoms with Gasteiger partial charge in [0.1, 0.15) is 0 Å². The number of hydrogen-bond donors (Lipinski definition) is 1. The van der Waals surface area contributed by atoms with Crippen LogP contribution >= 0.6 is 11.6 Å². The number of aromatic nitrogens is 1. The molecule has 4 nitrogen and oxygen atoms in total. The first-order chi connectivity index (χ1) is 8.75. The number of amides is 1. The second kappa shape index (κ2) is 4.53. The second-order valence-electron chi connectivity index (χ2n) is 4.39. The Morgan fingerprint density at radius 1 is 1.44 bits per heavy atom. The summed E-state index contributed by atoms with van der Waals surface area (Å²) in [5.41, 5.74) is 1.07. The van der Waals surface area contributed by atoms with Gasteiger partial charge in [0.15, 0.2) is 11.0 Å². The minimum absolute atomic E-state index is 0.0981. The number of halogens is 1. The van der Waals surface area contributed by atoms with Crippen molar-refractivity contribution in [1.29, 1.82) is 0 Å². The third kappa shape index (κ3) is 1.93. The zero-order chi connectivity index (χ0) is 12.5. The summed E-state index contributed by atoms with van der Waals surface area (Å²) in [7, 11) is 0. The largest absolute Gasteiger partial charge is 0.440 e. The van der Waals surface area contributed by atoms with Crippen LogP contribution < -0.4 is 0 Å². The molecular weight excluding hydrogens is 252 g/mol. The average Bonchev–Trinajstić information content (AvgIpc) is 3.08. The van der Waals surface area contributed by atoms with Crippen LogP contribution in [-0.4, -0.2) is 22.3 Å². The molecular formula is C13H13ClN2O2. The van der Waals surface area contributed by atoms with Crippen LogP contribution in [0.5, 0.6) is 0 Å². The zero-order valence-electron chi connectivity index (χ0n) is 9.73. The van der Waals surface area contributed by atoms with E-state index in [0.717, 1.165) is 25.1 Å². The molecule has 1 saturated heterocycles. The normalized spacial score (nSPS) is 19.4. The molecule has 3 heterocycles. The number of H-pyrrole nitrogens is 1. The highest BCUT2D eigenvalue weighted by atomic mass is 35.5. The second-order valence-corrected chi connectivity index (χ2v) is 4.76. The van der Waals surface area contributed by atoms with Gasteiger partial charge in [-0.2, -0.15) is 0 Å². The molecule has 1 aliphatic heterocycles. The molecule has 1 aliphatic rings. The maximum absolute atomic E-state index is 12.3. The van der Waals surface area contributed by atoms with E-state index in [1.807, 2.05) is 23.2 Å². The Kier molecular flexibility index (Phi) is 2.88. The summed E-state index contributed by atoms with van der Waals surface area (Å²) < 4.78 is 5.19. The first kappa shape index (κ1) is 11.4. The van der Waals surface area contributed by atoms with Gasteiger partial charge in [-0.25, -0.2) is 0 Å². The monoisotopic (exact) mass is 264 g/mol. The van der Waals surface area contributed by atoms with Crippen LogP contribution in [-0.2, 0) is 0 Å². The van der Waals surface area contributed by atoms with Crippen molar-refractivity contribution in [2.75, 3.05) is 6.54 Å². The summed E-state index contributed by atoms with van der Waals surface area (Å²) in [6, 6.07) is 7.27. The number of carbonyl (C=O) groups is 1. The maximum atomic E-state index is 12.3. The number of nitrogens with one attached hydrogen (secondary N) is 1. The van der Waals surface area contributed by atoms with Crippen molar-refractivity contribution >= 4 is 17.5 Å². The van der Waals surface area contributed by atoms with E-state index in [1.54, 1.807) is 12.1 Å². The molecule has 1 unspecified atom stereocenters. The van der Waals surface area contributed by atoms with Crippen molar-refractivity contribution < 1.29 is 9.21 Å². The molecule has 0 spiro atoms. The summed E-state index contributed by atoms with van der Waals surface area (Å²) >= 11 is 5.70. The molecule has 0 bridgehead atoms. The van der Waals surface area contributed by atoms with Gasteiger partial charge in [-0.15, -0.1) is 0 Å². The Bertz CT molecular complexity index is 547. The summed E-state index contributed by atoms with van der Waals surface area (Å²) in [5, 5.41) is 0.244. The van der Waals surface area contributed by atoms with E-state index in [1.165, 1.54) is 0 Å². The minimum Gasteiger partial charge on any atom is -0.440 e. The van der Waals surface area contributed by atoms with Crippen molar-refractivity contribution in [1.82, 2.24) is 9.88 Å². The number of nitrogens with zero attached hydrogens (tertiary/aromatic N) is 1. The lowest BCUT2D eigenvalue weighted by Gasteiger charge is -2.22. The molecule has 1 N–H and O–H groups in total. The van der Waals surface area contributed by atoms with Gasteiger partial charge in [0.05, 0.1) is 6.04 Å². The van der Waals surface area contributed by atoms with Gasteiger partial charge >= 0.3 is 0 Å². The van der Waals surface area contributed by atoms with E-state index in [0.29, 0.717) is 5.76 Å². The first-order valence-electron chi connectivity index (χ1n) is 5.95. The van der Waals surface area contributed by atoms with E-state index >= 15 is 0 Å². The lowest BCUT2D eigenvalue weighted by atomic mass is 10.1. The Morgan fingerprint density at radius 2 is 2.33 bits per heavy atom. The number of carbonyl (C=O) groups excluding carboxylic acids is 1. The van der Waals surface area contributed by atoms with Crippen molar-refractivity contribution in [3.8, 4) is 0 Å². The molecule has 0 radical (unpaired) electrons. The van der Waals surface area contributed by atoms with Crippen molar-refractivity contribution in [2.24, 2.45) is 0 Å². The molecule has 0 aromatic carbocycles. The van der Waals surface area contributed by atoms with E-state index in [2.05, 4.69) is 4.98 Å². The van der Waals surface area contributed by atoms with Gasteiger partial charge in [-0.05, 0) is 48.7 Å². The number of rotatable bonds is 2. The predicted octanol–water partition coefficient (Wildman–Crippen LogP) is 3.24. The van der Waals surface area contributed by atoms with Crippen LogP contribution in [0, 0.1) is 0 Å². The van der Waals surface area contributed by atoms with Crippen molar-refractivity contribution in [3.05, 3.63) is 47.1 Å². The molecule has 0 aliphatic carbocycles. The topological polar surface area (TPSA) is 49.2 Å². The highest BCUT2D eigenvalue weighted by Gasteiger charge is 2.32. The van der Waals surface area contributed by atoms with Gasteiger partial charge in [0, 0.05) is 18.4 Å². The Balaban J connectivity index is 1.85. The molecule has 2 aromatic heterocycles. The minimum atomic E-state index is -0.0981. The van der Waals surface area contributed by atoms with Gasteiger partial charge < -0.3 is 14.3 Å². The molecule has 94 valence electrons. The molecule has 1 atom stereocenters. The lowest BCUT2D eigenvalue weighted by Crippen LogP contribution is -2.30. The Morgan fingerprint density at radius 3 is 3.00 bits per heavy atom. The molecule has 3 rings (SSSR count). The van der Waals surface area contributed by atoms with Crippen LogP contribution in [0.25, 0.3) is 0 Å². The number of likely N-dealkylation sites (tertiary alicyclic amines) is 1. The maximum Gasteiger partial charge on any atom is 0.290 e. The van der Waals surface area contributed by atoms with Crippen LogP contribution in [0.4, 0.5) is 0 Å². The quantitative estimate of drug-likeness (QED) is 0.905. The highest BCUT2D eigenvalue weighted by Crippen LogP contribution is 2.32. The fourth-order valence-electron chi connectivity index (χ4n) is 2.46. The fourth-order valence-corrected chi connectivity index (χ4v) is 2.60. The van der Waals surface area contributed by atoms with Gasteiger partial charge in [0.25, 0.3) is 5.91 Å². The smallest absolute Gasteiger partial charge is 0.290 e. The SMILES string of the molecule is O=C(c1ccc(Cl)o1)N1CCCC1c1ccc[nH]1. The standard InChI is InChI=1S/C13H13ClN2O2/c14-12-6-5-11(18-12)13(17)16-8-2-4-10(16)9-3-1-7-15-9/h1,3,5-7,10,15H,2,4,8H2. The van der Waals surface area contributed by atoms with E-state index in [9.17, 15) is 4.79 Å². The molecule has 1 fully saturated rings. The van der Waals surface area contributed by atoms with Gasteiger partial charge in [0.2, 0.25) is 0 Å². The molecule has 1 amide bonds. The summed E-state index contributed by atoms with van der Waals surface area (Å²) in [6.45, 7) is 0.751. The predicted molar refractivity (Wildman–Crippen MR) is 67.5 cm³/mol. The van der Waals surface area contributed by atoms with E-state index < -0.39 is 0 Å². The van der Waals surface area contributed by atoms with Crippen molar-refractivity contribution in [2.45, 2.75) is 18.9 Å². The highest BCUT2D eigenvalue weighted by molar-refractivity contribution is 6.29. The van der Waals surface area contributed by atoms with Gasteiger partial charge in [-0.3, -0.25) is 4.79 Å². The van der Waals surface area contributed by atoms with Crippen LogP contribution in [0.1, 0.15) is 35.1 Å². The molecule has 0 saturated carbocycles. The number of furan rings is 1. The Labute approximate surface area is 110 Å². The number of hydrogen-bond acceptors (Lipinski definition) is 2. The van der Waals surface area contributed by atoms with Crippen LogP contribution in [0.3, 0.4) is 0 Å². The average molecular weight is 265 g/mol. The van der Waals surface area contributed by atoms with E-state index in [4.69, 9.17) is 16.0 Å². The lowest BCUT2D eigenvalue weighted by molar-refractivity contribution is 0.0701. The van der Waals surface area contributed by atoms with Crippen LogP contribution in [0.15, 0.2) is 34.9 Å². The summed E-state index contributed by atoms with van der Waals surface area (Å²) in [5.74, 6) is 0.206. The molecule has 18 heavy (non-hydrogen) atoms. The number of aromatic amines is 1. The van der Waals surface area contributed by atoms with Crippen molar-refractivity contribution in [3.63, 3.8) is 0 Å². The van der Waals surface area contributed by atoms with E-state index in [-0.39, 0.29) is 17.2 Å². The molecule has 5 heteroatoms. The fraction of sp³-hybridized carbons (Fsp3) is 0.308. The van der Waals surface area contributed by atoms with Crippen LogP contribution in [0.2, 0.25) is 5.22 Å². The first-order valence-corrected chi connectivity index (χ1v) is 6.33. The Hall–Kier alpha value is -1.68. The summed E-state index contributed by atoms with van der Waals surface area (Å²) in [6.07, 6.45) is 3.85. The summed E-state index contributed by atoms with van der Waals surface area (Å²) in [4.78, 5) is 17.3. The third-order valence-electron chi connectivity index (χ3n) is 3.28. The zero-order valence-corrected chi connectivity index (χ0v) is 10.5. The third-order valence-corrected chi connectivity index (χ3v) is 3.48. The van der Waals surface area contributed by atoms with Gasteiger partial charge in [-0.1, -0.05) is 0 Å².